The van der Waals surface area contributed by atoms with Crippen LogP contribution in [0.5, 0.6) is 11.5 Å². The zero-order valence-corrected chi connectivity index (χ0v) is 16.0. The van der Waals surface area contributed by atoms with Crippen LogP contribution in [0, 0.1) is 6.92 Å². The summed E-state index contributed by atoms with van der Waals surface area (Å²) in [5.74, 6) is 1.19. The number of nitrogens with zero attached hydrogens (tertiary/aromatic N) is 2. The molecule has 1 aliphatic rings. The topological polar surface area (TPSA) is 62.1 Å². The average Bonchev–Trinajstić information content (AvgIpc) is 3.23. The third-order valence-corrected chi connectivity index (χ3v) is 5.41. The minimum atomic E-state index is -0.191. The summed E-state index contributed by atoms with van der Waals surface area (Å²) in [6, 6.07) is 11.8. The fraction of sp³-hybridized carbons (Fsp3) is 0.300. The van der Waals surface area contributed by atoms with Gasteiger partial charge in [-0.1, -0.05) is 23.5 Å². The fourth-order valence-corrected chi connectivity index (χ4v) is 4.21. The molecule has 2 aromatic carbocycles. The molecule has 1 amide bonds. The molecule has 0 spiro atoms. The Labute approximate surface area is 160 Å². The molecule has 0 bridgehead atoms. The molecule has 0 saturated carbocycles. The number of hydrogen-bond donors (Lipinski definition) is 0. The molecule has 27 heavy (non-hydrogen) atoms. The normalized spacial score (nSPS) is 13.5. The maximum Gasteiger partial charge on any atom is 0.252 e. The summed E-state index contributed by atoms with van der Waals surface area (Å²) in [6.07, 6.45) is 0.216. The largest absolute Gasteiger partial charge is 0.454 e. The third kappa shape index (κ3) is 3.74. The molecule has 1 aliphatic heterocycles. The first-order valence-corrected chi connectivity index (χ1v) is 9.51. The van der Waals surface area contributed by atoms with Gasteiger partial charge >= 0.3 is 0 Å². The van der Waals surface area contributed by atoms with E-state index in [-0.39, 0.29) is 19.1 Å². The van der Waals surface area contributed by atoms with Crippen LogP contribution in [0.25, 0.3) is 10.2 Å². The van der Waals surface area contributed by atoms with Gasteiger partial charge in [-0.3, -0.25) is 4.79 Å². The van der Waals surface area contributed by atoms with Crippen LogP contribution in [0.3, 0.4) is 0 Å². The number of carbonyl (C=O) groups excluding carboxylic acids is 1. The Morgan fingerprint density at radius 2 is 2.07 bits per heavy atom. The highest BCUT2D eigenvalue weighted by molar-refractivity contribution is 7.16. The van der Waals surface area contributed by atoms with Crippen molar-refractivity contribution in [1.29, 1.82) is 0 Å². The van der Waals surface area contributed by atoms with E-state index in [2.05, 4.69) is 30.1 Å². The molecular weight excluding hydrogens is 364 g/mol. The lowest BCUT2D eigenvalue weighted by atomic mass is 10.1. The fourth-order valence-electron chi connectivity index (χ4n) is 3.04. The molecule has 140 valence electrons. The summed E-state index contributed by atoms with van der Waals surface area (Å²) in [4.78, 5) is 17.7. The van der Waals surface area contributed by atoms with Crippen LogP contribution in [0.15, 0.2) is 41.4 Å². The van der Waals surface area contributed by atoms with E-state index in [0.717, 1.165) is 15.8 Å². The van der Waals surface area contributed by atoms with Crippen LogP contribution in [0.2, 0.25) is 0 Å². The van der Waals surface area contributed by atoms with Gasteiger partial charge in [0.15, 0.2) is 16.3 Å². The van der Waals surface area contributed by atoms with Crippen molar-refractivity contribution in [2.75, 3.05) is 20.5 Å². The monoisotopic (exact) mass is 384 g/mol. The lowest BCUT2D eigenvalue weighted by molar-refractivity contribution is -0.117. The number of methoxy groups -OCH3 is 1. The predicted molar refractivity (Wildman–Crippen MR) is 103 cm³/mol. The number of carbonyl (C=O) groups is 1. The van der Waals surface area contributed by atoms with Crippen molar-refractivity contribution in [3.63, 3.8) is 0 Å². The van der Waals surface area contributed by atoms with Gasteiger partial charge in [-0.25, -0.2) is 0 Å². The maximum atomic E-state index is 12.6. The van der Waals surface area contributed by atoms with Gasteiger partial charge in [-0.2, -0.15) is 4.99 Å². The van der Waals surface area contributed by atoms with Crippen molar-refractivity contribution in [2.24, 2.45) is 4.99 Å². The standard InChI is InChI=1S/C20H20N2O4S/c1-13-3-5-15-18(9-13)27-20(22(15)7-8-24-2)21-19(23)11-14-4-6-16-17(10-14)26-12-25-16/h3-6,9-10H,7-8,11-12H2,1-2H3. The van der Waals surface area contributed by atoms with E-state index >= 15 is 0 Å². The molecule has 0 radical (unpaired) electrons. The summed E-state index contributed by atoms with van der Waals surface area (Å²) < 4.78 is 19.1. The summed E-state index contributed by atoms with van der Waals surface area (Å²) in [7, 11) is 1.67. The molecule has 6 nitrogen and oxygen atoms in total. The highest BCUT2D eigenvalue weighted by atomic mass is 32.1. The summed E-state index contributed by atoms with van der Waals surface area (Å²) >= 11 is 1.52. The van der Waals surface area contributed by atoms with Gasteiger partial charge in [0.1, 0.15) is 0 Å². The third-order valence-electron chi connectivity index (χ3n) is 4.37. The van der Waals surface area contributed by atoms with Gasteiger partial charge in [0.2, 0.25) is 6.79 Å². The molecule has 1 aromatic heterocycles. The molecule has 0 saturated heterocycles. The second-order valence-electron chi connectivity index (χ2n) is 6.37. The first-order chi connectivity index (χ1) is 13.1. The van der Waals surface area contributed by atoms with Crippen molar-refractivity contribution in [1.82, 2.24) is 4.57 Å². The Balaban J connectivity index is 1.65. The van der Waals surface area contributed by atoms with Crippen LogP contribution < -0.4 is 14.3 Å². The molecule has 4 rings (SSSR count). The number of thiazole rings is 1. The Bertz CT molecular complexity index is 1070. The van der Waals surface area contributed by atoms with E-state index in [1.54, 1.807) is 7.11 Å². The number of aromatic nitrogens is 1. The second kappa shape index (κ2) is 7.54. The van der Waals surface area contributed by atoms with E-state index in [1.807, 2.05) is 22.8 Å². The summed E-state index contributed by atoms with van der Waals surface area (Å²) in [5.41, 5.74) is 3.10. The van der Waals surface area contributed by atoms with Gasteiger partial charge in [0.05, 0.1) is 23.2 Å². The lowest BCUT2D eigenvalue weighted by Gasteiger charge is -2.04. The van der Waals surface area contributed by atoms with Crippen LogP contribution in [0.1, 0.15) is 11.1 Å². The highest BCUT2D eigenvalue weighted by Crippen LogP contribution is 2.32. The van der Waals surface area contributed by atoms with Gasteiger partial charge in [0.25, 0.3) is 5.91 Å². The van der Waals surface area contributed by atoms with Gasteiger partial charge in [0, 0.05) is 13.7 Å². The number of hydrogen-bond acceptors (Lipinski definition) is 5. The SMILES string of the molecule is COCCn1c(=NC(=O)Cc2ccc3c(c2)OCO3)sc2cc(C)ccc21. The highest BCUT2D eigenvalue weighted by Gasteiger charge is 2.15. The van der Waals surface area contributed by atoms with Gasteiger partial charge in [-0.05, 0) is 42.3 Å². The first kappa shape index (κ1) is 17.8. The first-order valence-electron chi connectivity index (χ1n) is 8.69. The average molecular weight is 384 g/mol. The van der Waals surface area contributed by atoms with E-state index in [1.165, 1.54) is 16.9 Å². The van der Waals surface area contributed by atoms with Crippen LogP contribution in [0.4, 0.5) is 0 Å². The molecule has 0 aliphatic carbocycles. The van der Waals surface area contributed by atoms with Gasteiger partial charge < -0.3 is 18.8 Å². The Hall–Kier alpha value is -2.64. The van der Waals surface area contributed by atoms with Crippen molar-refractivity contribution >= 4 is 27.5 Å². The number of amides is 1. The van der Waals surface area contributed by atoms with E-state index in [9.17, 15) is 4.79 Å². The number of aryl methyl sites for hydroxylation is 1. The zero-order chi connectivity index (χ0) is 18.8. The van der Waals surface area contributed by atoms with Crippen LogP contribution >= 0.6 is 11.3 Å². The van der Waals surface area contributed by atoms with E-state index in [0.29, 0.717) is 29.5 Å². The van der Waals surface area contributed by atoms with Gasteiger partial charge in [-0.15, -0.1) is 0 Å². The van der Waals surface area contributed by atoms with E-state index < -0.39 is 0 Å². The van der Waals surface area contributed by atoms with E-state index in [4.69, 9.17) is 14.2 Å². The molecular formula is C20H20N2O4S. The summed E-state index contributed by atoms with van der Waals surface area (Å²) in [6.45, 7) is 3.48. The minimum absolute atomic E-state index is 0.191. The molecule has 0 N–H and O–H groups in total. The number of fused-ring (bicyclic) bond motifs is 2. The molecule has 0 unspecified atom stereocenters. The van der Waals surface area contributed by atoms with Crippen molar-refractivity contribution in [3.8, 4) is 11.5 Å². The molecule has 7 heteroatoms. The quantitative estimate of drug-likeness (QED) is 0.678. The Kier molecular flexibility index (Phi) is 4.96. The number of benzene rings is 2. The molecule has 3 aromatic rings. The second-order valence-corrected chi connectivity index (χ2v) is 7.38. The van der Waals surface area contributed by atoms with Crippen LogP contribution in [-0.2, 0) is 22.5 Å². The molecule has 0 fully saturated rings. The maximum absolute atomic E-state index is 12.6. The Morgan fingerprint density at radius 3 is 2.93 bits per heavy atom. The smallest absolute Gasteiger partial charge is 0.252 e. The predicted octanol–water partition coefficient (Wildman–Crippen LogP) is 3.06. The molecule has 2 heterocycles. The van der Waals surface area contributed by atoms with Crippen molar-refractivity contribution < 1.29 is 19.0 Å². The Morgan fingerprint density at radius 1 is 1.22 bits per heavy atom. The van der Waals surface area contributed by atoms with Crippen molar-refractivity contribution in [2.45, 2.75) is 19.9 Å². The summed E-state index contributed by atoms with van der Waals surface area (Å²) in [5, 5.41) is 0. The van der Waals surface area contributed by atoms with Crippen molar-refractivity contribution in [3.05, 3.63) is 52.3 Å². The van der Waals surface area contributed by atoms with Crippen LogP contribution in [-0.4, -0.2) is 31.0 Å². The lowest BCUT2D eigenvalue weighted by Crippen LogP contribution is -2.19. The number of rotatable bonds is 5. The number of ether oxygens (including phenoxy) is 3. The molecule has 0 atom stereocenters. The minimum Gasteiger partial charge on any atom is -0.454 e. The zero-order valence-electron chi connectivity index (χ0n) is 15.2.